The van der Waals surface area contributed by atoms with Gasteiger partial charge in [0.2, 0.25) is 11.8 Å². The SMILES string of the molecule is CC(=O)N1CCC(CC(=O)N2CCN(C(c3ccc(Cl)cc3)c3cccnc3)C[C@@H]2C(C)(C)C)CC1. The lowest BCUT2D eigenvalue weighted by Gasteiger charge is -2.49. The van der Waals surface area contributed by atoms with Gasteiger partial charge in [-0.3, -0.25) is 19.5 Å². The minimum absolute atomic E-state index is 0.0500. The van der Waals surface area contributed by atoms with E-state index in [-0.39, 0.29) is 29.3 Å². The standard InChI is InChI=1S/C29H39ClN4O2/c1-21(35)32-14-11-22(12-15-32)18-27(36)34-17-16-33(20-26(34)29(2,3)4)28(24-6-5-13-31-19-24)23-7-9-25(30)10-8-23/h5-10,13,19,22,26,28H,11-12,14-18,20H2,1-4H3/t26-,28?/m1/s1. The van der Waals surface area contributed by atoms with Crippen LogP contribution in [0.15, 0.2) is 48.8 Å². The number of hydrogen-bond acceptors (Lipinski definition) is 4. The molecule has 2 amide bonds. The molecule has 2 saturated heterocycles. The maximum atomic E-state index is 13.6. The molecule has 0 bridgehead atoms. The number of halogens is 1. The molecule has 1 unspecified atom stereocenters. The van der Waals surface area contributed by atoms with Gasteiger partial charge in [0.15, 0.2) is 0 Å². The van der Waals surface area contributed by atoms with Crippen molar-refractivity contribution in [3.05, 3.63) is 64.9 Å². The van der Waals surface area contributed by atoms with Gasteiger partial charge in [-0.25, -0.2) is 0 Å². The van der Waals surface area contributed by atoms with Crippen LogP contribution in [-0.4, -0.2) is 70.3 Å². The molecular weight excluding hydrogens is 472 g/mol. The van der Waals surface area contributed by atoms with Crippen LogP contribution in [0.4, 0.5) is 0 Å². The number of likely N-dealkylation sites (tertiary alicyclic amines) is 1. The molecule has 194 valence electrons. The third-order valence-electron chi connectivity index (χ3n) is 7.81. The van der Waals surface area contributed by atoms with E-state index in [1.807, 2.05) is 29.3 Å². The molecule has 2 fully saturated rings. The number of benzene rings is 1. The van der Waals surface area contributed by atoms with Gasteiger partial charge in [-0.1, -0.05) is 50.6 Å². The van der Waals surface area contributed by atoms with Gasteiger partial charge in [0, 0.05) is 69.5 Å². The van der Waals surface area contributed by atoms with Gasteiger partial charge in [-0.15, -0.1) is 0 Å². The topological polar surface area (TPSA) is 56.8 Å². The highest BCUT2D eigenvalue weighted by molar-refractivity contribution is 6.30. The Hall–Kier alpha value is -2.44. The van der Waals surface area contributed by atoms with Crippen molar-refractivity contribution in [1.82, 2.24) is 19.7 Å². The van der Waals surface area contributed by atoms with Crippen molar-refractivity contribution in [3.8, 4) is 0 Å². The van der Waals surface area contributed by atoms with E-state index in [2.05, 4.69) is 53.8 Å². The van der Waals surface area contributed by atoms with Crippen LogP contribution in [0.1, 0.15) is 64.1 Å². The summed E-state index contributed by atoms with van der Waals surface area (Å²) in [5.74, 6) is 0.733. The van der Waals surface area contributed by atoms with Gasteiger partial charge >= 0.3 is 0 Å². The first kappa shape index (κ1) is 26.6. The van der Waals surface area contributed by atoms with Gasteiger partial charge in [0.05, 0.1) is 6.04 Å². The van der Waals surface area contributed by atoms with E-state index < -0.39 is 0 Å². The number of piperazine rings is 1. The van der Waals surface area contributed by atoms with Crippen molar-refractivity contribution >= 4 is 23.4 Å². The van der Waals surface area contributed by atoms with Crippen molar-refractivity contribution in [2.24, 2.45) is 11.3 Å². The molecule has 2 aliphatic rings. The second-order valence-corrected chi connectivity index (χ2v) is 11.8. The lowest BCUT2D eigenvalue weighted by atomic mass is 9.82. The molecule has 4 rings (SSSR count). The van der Waals surface area contributed by atoms with Crippen LogP contribution in [0, 0.1) is 11.3 Å². The molecule has 1 aromatic carbocycles. The second kappa shape index (κ2) is 11.3. The molecule has 6 nitrogen and oxygen atoms in total. The first-order valence-corrected chi connectivity index (χ1v) is 13.5. The molecule has 7 heteroatoms. The molecular formula is C29H39ClN4O2. The Labute approximate surface area is 220 Å². The van der Waals surface area contributed by atoms with Crippen LogP contribution >= 0.6 is 11.6 Å². The molecule has 3 heterocycles. The van der Waals surface area contributed by atoms with Crippen molar-refractivity contribution in [2.75, 3.05) is 32.7 Å². The van der Waals surface area contributed by atoms with Crippen LogP contribution in [0.2, 0.25) is 5.02 Å². The molecule has 0 N–H and O–H groups in total. The van der Waals surface area contributed by atoms with Crippen LogP contribution in [0.25, 0.3) is 0 Å². The lowest BCUT2D eigenvalue weighted by Crippen LogP contribution is -2.60. The van der Waals surface area contributed by atoms with Crippen molar-refractivity contribution in [2.45, 2.75) is 59.0 Å². The fraction of sp³-hybridized carbons (Fsp3) is 0.552. The number of amides is 2. The van der Waals surface area contributed by atoms with Gasteiger partial charge in [0.25, 0.3) is 0 Å². The highest BCUT2D eigenvalue weighted by Crippen LogP contribution is 2.36. The summed E-state index contributed by atoms with van der Waals surface area (Å²) < 4.78 is 0. The van der Waals surface area contributed by atoms with Gasteiger partial charge in [-0.05, 0) is 53.5 Å². The van der Waals surface area contributed by atoms with E-state index in [0.29, 0.717) is 18.9 Å². The van der Waals surface area contributed by atoms with Crippen molar-refractivity contribution in [3.63, 3.8) is 0 Å². The maximum absolute atomic E-state index is 13.6. The first-order chi connectivity index (χ1) is 17.1. The minimum atomic E-state index is -0.0637. The molecule has 0 radical (unpaired) electrons. The van der Waals surface area contributed by atoms with E-state index >= 15 is 0 Å². The second-order valence-electron chi connectivity index (χ2n) is 11.4. The molecule has 2 atom stereocenters. The van der Waals surface area contributed by atoms with E-state index in [1.54, 1.807) is 13.1 Å². The van der Waals surface area contributed by atoms with Crippen LogP contribution in [0.3, 0.4) is 0 Å². The third-order valence-corrected chi connectivity index (χ3v) is 8.06. The molecule has 36 heavy (non-hydrogen) atoms. The summed E-state index contributed by atoms with van der Waals surface area (Å²) in [6.07, 6.45) is 6.13. The zero-order valence-corrected chi connectivity index (χ0v) is 22.7. The Balaban J connectivity index is 1.52. The quantitative estimate of drug-likeness (QED) is 0.566. The van der Waals surface area contributed by atoms with Gasteiger partial charge in [0.1, 0.15) is 0 Å². The molecule has 0 saturated carbocycles. The number of nitrogens with zero attached hydrogens (tertiary/aromatic N) is 4. The maximum Gasteiger partial charge on any atom is 0.223 e. The zero-order chi connectivity index (χ0) is 25.9. The van der Waals surface area contributed by atoms with Crippen molar-refractivity contribution < 1.29 is 9.59 Å². The largest absolute Gasteiger partial charge is 0.343 e. The first-order valence-electron chi connectivity index (χ1n) is 13.1. The van der Waals surface area contributed by atoms with Crippen LogP contribution in [-0.2, 0) is 9.59 Å². The summed E-state index contributed by atoms with van der Waals surface area (Å²) in [6.45, 7) is 12.1. The fourth-order valence-corrected chi connectivity index (χ4v) is 5.82. The minimum Gasteiger partial charge on any atom is -0.343 e. The molecule has 0 aliphatic carbocycles. The number of carbonyl (C=O) groups is 2. The lowest BCUT2D eigenvalue weighted by molar-refractivity contribution is -0.141. The predicted octanol–water partition coefficient (Wildman–Crippen LogP) is 5.03. The molecule has 2 aliphatic heterocycles. The van der Waals surface area contributed by atoms with Gasteiger partial charge < -0.3 is 9.80 Å². The summed E-state index contributed by atoms with van der Waals surface area (Å²) in [5, 5.41) is 0.723. The Morgan fingerprint density at radius 1 is 1.03 bits per heavy atom. The zero-order valence-electron chi connectivity index (χ0n) is 22.0. The Morgan fingerprint density at radius 3 is 2.31 bits per heavy atom. The summed E-state index contributed by atoms with van der Waals surface area (Å²) >= 11 is 6.20. The van der Waals surface area contributed by atoms with Gasteiger partial charge in [-0.2, -0.15) is 0 Å². The highest BCUT2D eigenvalue weighted by atomic mass is 35.5. The normalized spacial score (nSPS) is 20.9. The number of carbonyl (C=O) groups excluding carboxylic acids is 2. The average Bonchev–Trinajstić information content (AvgIpc) is 2.86. The van der Waals surface area contributed by atoms with Crippen LogP contribution < -0.4 is 0 Å². The summed E-state index contributed by atoms with van der Waals surface area (Å²) in [6, 6.07) is 12.3. The Bertz CT molecular complexity index is 1030. The fourth-order valence-electron chi connectivity index (χ4n) is 5.69. The predicted molar refractivity (Wildman–Crippen MR) is 144 cm³/mol. The highest BCUT2D eigenvalue weighted by Gasteiger charge is 2.40. The number of rotatable bonds is 5. The third kappa shape index (κ3) is 6.27. The number of pyridine rings is 1. The molecule has 1 aromatic heterocycles. The monoisotopic (exact) mass is 510 g/mol. The average molecular weight is 511 g/mol. The Kier molecular flexibility index (Phi) is 8.36. The molecule has 2 aromatic rings. The van der Waals surface area contributed by atoms with E-state index in [9.17, 15) is 9.59 Å². The van der Waals surface area contributed by atoms with E-state index in [1.165, 1.54) is 5.56 Å². The Morgan fingerprint density at radius 2 is 1.72 bits per heavy atom. The number of piperidine rings is 1. The summed E-state index contributed by atoms with van der Waals surface area (Å²) in [7, 11) is 0. The van der Waals surface area contributed by atoms with Crippen molar-refractivity contribution in [1.29, 1.82) is 0 Å². The summed E-state index contributed by atoms with van der Waals surface area (Å²) in [5.41, 5.74) is 2.26. The number of aromatic nitrogens is 1. The van der Waals surface area contributed by atoms with E-state index in [4.69, 9.17) is 11.6 Å². The van der Waals surface area contributed by atoms with Crippen LogP contribution in [0.5, 0.6) is 0 Å². The smallest absolute Gasteiger partial charge is 0.223 e. The summed E-state index contributed by atoms with van der Waals surface area (Å²) in [4.78, 5) is 36.2. The van der Waals surface area contributed by atoms with E-state index in [0.717, 1.165) is 49.6 Å². The number of hydrogen-bond donors (Lipinski definition) is 0. The molecule has 0 spiro atoms.